The number of nitrogens with zero attached hydrogens (tertiary/aromatic N) is 3. The Kier molecular flexibility index (Phi) is 6.52. The van der Waals surface area contributed by atoms with Gasteiger partial charge in [0.15, 0.2) is 0 Å². The summed E-state index contributed by atoms with van der Waals surface area (Å²) in [5.74, 6) is 0. The van der Waals surface area contributed by atoms with E-state index < -0.39 is 29.0 Å². The standard InChI is InChI=1S/C27H29F6N3/c1-6-18-9-8-10-19(7-2)23(18)36-16(3)22-15-35(25(4,5)24(22)34-36)14-17-11-20(26(28,29)30)13-21(12-17)27(31,32)33/h8-13H,6-7,14-15H2,1-5H3. The first-order chi connectivity index (χ1) is 16.7. The lowest BCUT2D eigenvalue weighted by atomic mass is 9.99. The Bertz CT molecular complexity index is 1230. The predicted octanol–water partition coefficient (Wildman–Crippen LogP) is 7.59. The molecule has 1 aliphatic heterocycles. The Morgan fingerprint density at radius 3 is 1.86 bits per heavy atom. The molecule has 0 saturated heterocycles. The topological polar surface area (TPSA) is 21.1 Å². The number of rotatable bonds is 5. The lowest BCUT2D eigenvalue weighted by Crippen LogP contribution is -2.36. The fourth-order valence-electron chi connectivity index (χ4n) is 5.04. The summed E-state index contributed by atoms with van der Waals surface area (Å²) in [6, 6.07) is 7.95. The van der Waals surface area contributed by atoms with Gasteiger partial charge in [0.25, 0.3) is 0 Å². The van der Waals surface area contributed by atoms with Gasteiger partial charge in [-0.05, 0) is 68.5 Å². The molecule has 36 heavy (non-hydrogen) atoms. The molecule has 0 fully saturated rings. The molecule has 4 rings (SSSR count). The van der Waals surface area contributed by atoms with E-state index in [1.165, 1.54) is 0 Å². The fourth-order valence-corrected chi connectivity index (χ4v) is 5.04. The second kappa shape index (κ2) is 8.94. The van der Waals surface area contributed by atoms with E-state index in [2.05, 4.69) is 26.0 Å². The maximum Gasteiger partial charge on any atom is 0.416 e. The summed E-state index contributed by atoms with van der Waals surface area (Å²) < 4.78 is 82.1. The minimum Gasteiger partial charge on any atom is -0.284 e. The molecule has 3 nitrogen and oxygen atoms in total. The minimum atomic E-state index is -4.87. The number of benzene rings is 2. The first kappa shape index (κ1) is 26.3. The van der Waals surface area contributed by atoms with Gasteiger partial charge in [-0.25, -0.2) is 4.68 Å². The summed E-state index contributed by atoms with van der Waals surface area (Å²) in [6.07, 6.45) is -8.08. The van der Waals surface area contributed by atoms with Crippen LogP contribution >= 0.6 is 0 Å². The highest BCUT2D eigenvalue weighted by atomic mass is 19.4. The van der Waals surface area contributed by atoms with Crippen molar-refractivity contribution < 1.29 is 26.3 Å². The summed E-state index contributed by atoms with van der Waals surface area (Å²) in [4.78, 5) is 1.88. The molecule has 0 unspecified atom stereocenters. The van der Waals surface area contributed by atoms with Crippen molar-refractivity contribution in [2.24, 2.45) is 0 Å². The van der Waals surface area contributed by atoms with Crippen molar-refractivity contribution in [3.63, 3.8) is 0 Å². The van der Waals surface area contributed by atoms with Crippen LogP contribution in [-0.4, -0.2) is 14.7 Å². The second-order valence-electron chi connectivity index (χ2n) is 9.79. The van der Waals surface area contributed by atoms with Crippen LogP contribution < -0.4 is 0 Å². The lowest BCUT2D eigenvalue weighted by molar-refractivity contribution is -0.143. The van der Waals surface area contributed by atoms with E-state index in [1.54, 1.807) is 0 Å². The number of hydrogen-bond acceptors (Lipinski definition) is 2. The average molecular weight is 510 g/mol. The molecule has 0 radical (unpaired) electrons. The fraction of sp³-hybridized carbons (Fsp3) is 0.444. The molecular weight excluding hydrogens is 480 g/mol. The van der Waals surface area contributed by atoms with Gasteiger partial charge < -0.3 is 0 Å². The normalized spacial score (nSPS) is 16.0. The van der Waals surface area contributed by atoms with Crippen LogP contribution in [0.4, 0.5) is 26.3 Å². The highest BCUT2D eigenvalue weighted by molar-refractivity contribution is 5.51. The SMILES string of the molecule is CCc1cccc(CC)c1-n1nc2c(c1C)CN(Cc1cc(C(F)(F)F)cc(C(F)(F)F)c1)C2(C)C. The molecular formula is C27H29F6N3. The molecule has 0 aliphatic carbocycles. The third-order valence-corrected chi connectivity index (χ3v) is 7.16. The molecule has 1 aliphatic rings. The average Bonchev–Trinajstić information content (AvgIpc) is 3.25. The summed E-state index contributed by atoms with van der Waals surface area (Å²) in [5, 5.41) is 4.95. The van der Waals surface area contributed by atoms with Crippen LogP contribution in [0, 0.1) is 6.92 Å². The maximum absolute atomic E-state index is 13.4. The van der Waals surface area contributed by atoms with E-state index >= 15 is 0 Å². The van der Waals surface area contributed by atoms with E-state index in [0.717, 1.165) is 58.7 Å². The molecule has 0 saturated carbocycles. The first-order valence-corrected chi connectivity index (χ1v) is 11.9. The third kappa shape index (κ3) is 4.53. The van der Waals surface area contributed by atoms with Crippen LogP contribution in [0.15, 0.2) is 36.4 Å². The molecule has 2 aromatic carbocycles. The number of aromatic nitrogens is 2. The van der Waals surface area contributed by atoms with Crippen molar-refractivity contribution in [2.45, 2.75) is 78.4 Å². The van der Waals surface area contributed by atoms with E-state index in [4.69, 9.17) is 5.10 Å². The summed E-state index contributed by atoms with van der Waals surface area (Å²) in [6.45, 7) is 10.2. The molecule has 0 bridgehead atoms. The summed E-state index contributed by atoms with van der Waals surface area (Å²) in [7, 11) is 0. The van der Waals surface area contributed by atoms with Crippen LogP contribution in [0.5, 0.6) is 0 Å². The molecule has 9 heteroatoms. The van der Waals surface area contributed by atoms with Crippen molar-refractivity contribution in [1.29, 1.82) is 0 Å². The van der Waals surface area contributed by atoms with Gasteiger partial charge in [-0.3, -0.25) is 4.90 Å². The molecule has 0 N–H and O–H groups in total. The number of aryl methyl sites for hydroxylation is 2. The van der Waals surface area contributed by atoms with Crippen LogP contribution in [0.1, 0.15) is 72.5 Å². The Hall–Kier alpha value is -2.81. The zero-order valence-electron chi connectivity index (χ0n) is 20.9. The number of halogens is 6. The van der Waals surface area contributed by atoms with E-state index in [-0.39, 0.29) is 18.2 Å². The third-order valence-electron chi connectivity index (χ3n) is 7.16. The van der Waals surface area contributed by atoms with Crippen LogP contribution in [0.2, 0.25) is 0 Å². The first-order valence-electron chi connectivity index (χ1n) is 11.9. The highest BCUT2D eigenvalue weighted by Crippen LogP contribution is 2.43. The number of hydrogen-bond donors (Lipinski definition) is 0. The zero-order chi connectivity index (χ0) is 26.6. The molecule has 0 amide bonds. The number of fused-ring (bicyclic) bond motifs is 1. The lowest BCUT2D eigenvalue weighted by Gasteiger charge is -2.32. The Balaban J connectivity index is 1.73. The molecule has 3 aromatic rings. The monoisotopic (exact) mass is 509 g/mol. The van der Waals surface area contributed by atoms with E-state index in [9.17, 15) is 26.3 Å². The largest absolute Gasteiger partial charge is 0.416 e. The molecule has 1 aromatic heterocycles. The van der Waals surface area contributed by atoms with E-state index in [1.807, 2.05) is 36.4 Å². The smallest absolute Gasteiger partial charge is 0.284 e. The predicted molar refractivity (Wildman–Crippen MR) is 126 cm³/mol. The van der Waals surface area contributed by atoms with Gasteiger partial charge in [0.2, 0.25) is 0 Å². The summed E-state index contributed by atoms with van der Waals surface area (Å²) >= 11 is 0. The van der Waals surface area contributed by atoms with Crippen molar-refractivity contribution in [2.75, 3.05) is 0 Å². The van der Waals surface area contributed by atoms with Gasteiger partial charge in [-0.1, -0.05) is 32.0 Å². The van der Waals surface area contributed by atoms with Gasteiger partial charge >= 0.3 is 12.4 Å². The van der Waals surface area contributed by atoms with Crippen molar-refractivity contribution >= 4 is 0 Å². The van der Waals surface area contributed by atoms with Crippen LogP contribution in [0.25, 0.3) is 5.69 Å². The molecule has 194 valence electrons. The van der Waals surface area contributed by atoms with Crippen molar-refractivity contribution in [3.05, 3.63) is 81.2 Å². The van der Waals surface area contributed by atoms with Gasteiger partial charge in [0, 0.05) is 24.3 Å². The Morgan fingerprint density at radius 1 is 0.889 bits per heavy atom. The maximum atomic E-state index is 13.4. The Labute approximate surface area is 206 Å². The van der Waals surface area contributed by atoms with Crippen LogP contribution in [0.3, 0.4) is 0 Å². The Morgan fingerprint density at radius 2 is 1.42 bits per heavy atom. The number of para-hydroxylation sites is 1. The van der Waals surface area contributed by atoms with Gasteiger partial charge in [0.1, 0.15) is 0 Å². The quantitative estimate of drug-likeness (QED) is 0.331. The number of alkyl halides is 6. The highest BCUT2D eigenvalue weighted by Gasteiger charge is 2.43. The molecule has 0 atom stereocenters. The zero-order valence-corrected chi connectivity index (χ0v) is 20.9. The van der Waals surface area contributed by atoms with E-state index in [0.29, 0.717) is 6.54 Å². The van der Waals surface area contributed by atoms with Crippen LogP contribution in [-0.2, 0) is 43.8 Å². The molecule has 0 spiro atoms. The van der Waals surface area contributed by atoms with Gasteiger partial charge in [-0.15, -0.1) is 0 Å². The van der Waals surface area contributed by atoms with Crippen molar-refractivity contribution in [1.82, 2.24) is 14.7 Å². The second-order valence-corrected chi connectivity index (χ2v) is 9.79. The van der Waals surface area contributed by atoms with Gasteiger partial charge in [-0.2, -0.15) is 31.4 Å². The minimum absolute atomic E-state index is 0.0366. The van der Waals surface area contributed by atoms with Crippen molar-refractivity contribution in [3.8, 4) is 5.69 Å². The molecule has 2 heterocycles. The summed E-state index contributed by atoms with van der Waals surface area (Å²) in [5.41, 5.74) is 2.72. The van der Waals surface area contributed by atoms with Gasteiger partial charge in [0.05, 0.1) is 28.0 Å².